The van der Waals surface area contributed by atoms with Gasteiger partial charge in [-0.3, -0.25) is 4.79 Å². The van der Waals surface area contributed by atoms with E-state index in [-0.39, 0.29) is 12.2 Å². The number of hydrogen-bond donors (Lipinski definition) is 2. The molecule has 0 aliphatic carbocycles. The van der Waals surface area contributed by atoms with Gasteiger partial charge in [0.05, 0.1) is 5.75 Å². The molecule has 0 aliphatic rings. The number of amides is 1. The zero-order chi connectivity index (χ0) is 17.3. The molecular formula is C16H23NO5S. The minimum absolute atomic E-state index is 0.0509. The van der Waals surface area contributed by atoms with Crippen LogP contribution in [-0.2, 0) is 25.8 Å². The van der Waals surface area contributed by atoms with Crippen molar-refractivity contribution in [1.82, 2.24) is 5.32 Å². The molecule has 6 nitrogen and oxygen atoms in total. The van der Waals surface area contributed by atoms with Gasteiger partial charge in [-0.25, -0.2) is 13.2 Å². The summed E-state index contributed by atoms with van der Waals surface area (Å²) in [5.41, 5.74) is 0.756. The van der Waals surface area contributed by atoms with Crippen molar-refractivity contribution in [3.8, 4) is 0 Å². The van der Waals surface area contributed by atoms with Crippen LogP contribution < -0.4 is 5.32 Å². The van der Waals surface area contributed by atoms with E-state index in [1.807, 2.05) is 6.92 Å². The molecule has 1 amide bonds. The van der Waals surface area contributed by atoms with Gasteiger partial charge in [0, 0.05) is 6.42 Å². The fourth-order valence-electron chi connectivity index (χ4n) is 2.13. The van der Waals surface area contributed by atoms with Gasteiger partial charge >= 0.3 is 5.97 Å². The van der Waals surface area contributed by atoms with Crippen molar-refractivity contribution < 1.29 is 23.1 Å². The molecule has 1 rings (SSSR count). The van der Waals surface area contributed by atoms with Crippen LogP contribution in [0.4, 0.5) is 0 Å². The van der Waals surface area contributed by atoms with Gasteiger partial charge in [-0.1, -0.05) is 50.1 Å². The van der Waals surface area contributed by atoms with E-state index >= 15 is 0 Å². The lowest BCUT2D eigenvalue weighted by Gasteiger charge is -2.14. The van der Waals surface area contributed by atoms with Crippen LogP contribution in [0.25, 0.3) is 0 Å². The van der Waals surface area contributed by atoms with Crippen molar-refractivity contribution in [2.24, 2.45) is 0 Å². The van der Waals surface area contributed by atoms with E-state index < -0.39 is 33.5 Å². The van der Waals surface area contributed by atoms with Crippen LogP contribution in [0.2, 0.25) is 0 Å². The maximum atomic E-state index is 11.8. The standard InChI is InChI=1S/C16H23NO5S/c1-2-3-7-10-23(21,22)12-15(18)17-14(16(19)20)11-13-8-5-4-6-9-13/h4-6,8-9,14H,2-3,7,10-12H2,1H3,(H,17,18)(H,19,20)/t14-/m1/s1. The van der Waals surface area contributed by atoms with Crippen LogP contribution in [0.3, 0.4) is 0 Å². The smallest absolute Gasteiger partial charge is 0.326 e. The third kappa shape index (κ3) is 7.78. The molecule has 0 saturated heterocycles. The fraction of sp³-hybridized carbons (Fsp3) is 0.500. The summed E-state index contributed by atoms with van der Waals surface area (Å²) < 4.78 is 23.6. The van der Waals surface area contributed by atoms with Crippen molar-refractivity contribution in [1.29, 1.82) is 0 Å². The molecule has 0 heterocycles. The Morgan fingerprint density at radius 3 is 2.39 bits per heavy atom. The van der Waals surface area contributed by atoms with Crippen LogP contribution in [0, 0.1) is 0 Å². The molecule has 0 bridgehead atoms. The summed E-state index contributed by atoms with van der Waals surface area (Å²) in [5.74, 6) is -2.68. The highest BCUT2D eigenvalue weighted by atomic mass is 32.2. The molecule has 1 aromatic carbocycles. The van der Waals surface area contributed by atoms with Crippen LogP contribution in [-0.4, -0.2) is 42.9 Å². The Morgan fingerprint density at radius 2 is 1.83 bits per heavy atom. The predicted octanol–water partition coefficient (Wildman–Crippen LogP) is 1.40. The first kappa shape index (κ1) is 19.2. The molecule has 128 valence electrons. The molecule has 1 atom stereocenters. The highest BCUT2D eigenvalue weighted by Crippen LogP contribution is 2.05. The van der Waals surface area contributed by atoms with Crippen molar-refractivity contribution >= 4 is 21.7 Å². The molecule has 0 unspecified atom stereocenters. The first-order valence-corrected chi connectivity index (χ1v) is 9.42. The Balaban J connectivity index is 2.59. The second-order valence-corrected chi connectivity index (χ2v) is 7.63. The van der Waals surface area contributed by atoms with Crippen molar-refractivity contribution in [3.63, 3.8) is 0 Å². The number of rotatable bonds is 10. The summed E-state index contributed by atoms with van der Waals surface area (Å²) in [7, 11) is -3.50. The Morgan fingerprint density at radius 1 is 1.17 bits per heavy atom. The number of carbonyl (C=O) groups is 2. The van der Waals surface area contributed by atoms with E-state index in [2.05, 4.69) is 5.32 Å². The van der Waals surface area contributed by atoms with Crippen LogP contribution in [0.5, 0.6) is 0 Å². The van der Waals surface area contributed by atoms with E-state index in [0.717, 1.165) is 18.4 Å². The molecule has 1 aromatic rings. The number of carbonyl (C=O) groups excluding carboxylic acids is 1. The van der Waals surface area contributed by atoms with Crippen molar-refractivity contribution in [2.45, 2.75) is 38.6 Å². The van der Waals surface area contributed by atoms with Crippen LogP contribution >= 0.6 is 0 Å². The summed E-state index contributed by atoms with van der Waals surface area (Å²) in [4.78, 5) is 23.1. The molecule has 0 radical (unpaired) electrons. The Hall–Kier alpha value is -1.89. The maximum Gasteiger partial charge on any atom is 0.326 e. The SMILES string of the molecule is CCCCCS(=O)(=O)CC(=O)N[C@H](Cc1ccccc1)C(=O)O. The zero-order valence-electron chi connectivity index (χ0n) is 13.2. The number of unbranched alkanes of at least 4 members (excludes halogenated alkanes) is 2. The molecule has 0 aromatic heterocycles. The summed E-state index contributed by atoms with van der Waals surface area (Å²) in [6.45, 7) is 1.96. The van der Waals surface area contributed by atoms with Gasteiger partial charge in [-0.15, -0.1) is 0 Å². The summed E-state index contributed by atoms with van der Waals surface area (Å²) >= 11 is 0. The minimum Gasteiger partial charge on any atom is -0.480 e. The maximum absolute atomic E-state index is 11.8. The molecule has 0 aliphatic heterocycles. The largest absolute Gasteiger partial charge is 0.480 e. The third-order valence-corrected chi connectivity index (χ3v) is 4.94. The van der Waals surface area contributed by atoms with Gasteiger partial charge in [0.25, 0.3) is 0 Å². The quantitative estimate of drug-likeness (QED) is 0.627. The van der Waals surface area contributed by atoms with E-state index in [9.17, 15) is 23.1 Å². The molecule has 0 fully saturated rings. The Kier molecular flexibility index (Phi) is 7.74. The number of benzene rings is 1. The van der Waals surface area contributed by atoms with Gasteiger partial charge in [0.15, 0.2) is 9.84 Å². The Bertz CT molecular complexity index is 613. The van der Waals surface area contributed by atoms with E-state index in [0.29, 0.717) is 6.42 Å². The highest BCUT2D eigenvalue weighted by Gasteiger charge is 2.23. The summed E-state index contributed by atoms with van der Waals surface area (Å²) in [6.07, 6.45) is 2.29. The number of aliphatic carboxylic acids is 1. The van der Waals surface area contributed by atoms with Gasteiger partial charge in [-0.05, 0) is 12.0 Å². The first-order chi connectivity index (χ1) is 10.8. The van der Waals surface area contributed by atoms with Crippen LogP contribution in [0.1, 0.15) is 31.7 Å². The number of nitrogens with one attached hydrogen (secondary N) is 1. The Labute approximate surface area is 136 Å². The molecule has 0 saturated carbocycles. The number of hydrogen-bond acceptors (Lipinski definition) is 4. The lowest BCUT2D eigenvalue weighted by atomic mass is 10.1. The van der Waals surface area contributed by atoms with E-state index in [4.69, 9.17) is 0 Å². The number of carboxylic acids is 1. The monoisotopic (exact) mass is 341 g/mol. The second-order valence-electron chi connectivity index (χ2n) is 5.45. The first-order valence-electron chi connectivity index (χ1n) is 7.60. The molecule has 7 heteroatoms. The molecule has 0 spiro atoms. The molecule has 2 N–H and O–H groups in total. The van der Waals surface area contributed by atoms with Gasteiger partial charge in [-0.2, -0.15) is 0 Å². The number of sulfone groups is 1. The van der Waals surface area contributed by atoms with Crippen molar-refractivity contribution in [3.05, 3.63) is 35.9 Å². The average Bonchev–Trinajstić information content (AvgIpc) is 2.47. The summed E-state index contributed by atoms with van der Waals surface area (Å²) in [5, 5.41) is 11.5. The zero-order valence-corrected chi connectivity index (χ0v) is 14.0. The predicted molar refractivity (Wildman–Crippen MR) is 87.9 cm³/mol. The topological polar surface area (TPSA) is 101 Å². The molecule has 23 heavy (non-hydrogen) atoms. The highest BCUT2D eigenvalue weighted by molar-refractivity contribution is 7.92. The van der Waals surface area contributed by atoms with Crippen LogP contribution in [0.15, 0.2) is 30.3 Å². The average molecular weight is 341 g/mol. The normalized spacial score (nSPS) is 12.6. The number of carboxylic acid groups (broad SMARTS) is 1. The van der Waals surface area contributed by atoms with Crippen molar-refractivity contribution in [2.75, 3.05) is 11.5 Å². The lowest BCUT2D eigenvalue weighted by Crippen LogP contribution is -2.44. The second kappa shape index (κ2) is 9.29. The summed E-state index contributed by atoms with van der Waals surface area (Å²) in [6, 6.07) is 7.71. The van der Waals surface area contributed by atoms with E-state index in [1.54, 1.807) is 30.3 Å². The van der Waals surface area contributed by atoms with Gasteiger partial charge in [0.2, 0.25) is 5.91 Å². The van der Waals surface area contributed by atoms with E-state index in [1.165, 1.54) is 0 Å². The third-order valence-electron chi connectivity index (χ3n) is 3.33. The van der Waals surface area contributed by atoms with Gasteiger partial charge < -0.3 is 10.4 Å². The molecular weight excluding hydrogens is 318 g/mol. The van der Waals surface area contributed by atoms with Gasteiger partial charge in [0.1, 0.15) is 11.8 Å². The lowest BCUT2D eigenvalue weighted by molar-refractivity contribution is -0.141. The minimum atomic E-state index is -3.50. The fourth-order valence-corrected chi connectivity index (χ4v) is 3.40.